The molecule has 0 spiro atoms. The molecular weight excluding hydrogens is 386 g/mol. The summed E-state index contributed by atoms with van der Waals surface area (Å²) in [7, 11) is 0. The summed E-state index contributed by atoms with van der Waals surface area (Å²) in [6, 6.07) is 6.57. The summed E-state index contributed by atoms with van der Waals surface area (Å²) in [5.41, 5.74) is -0.587. The topological polar surface area (TPSA) is 69.7 Å². The van der Waals surface area contributed by atoms with E-state index in [1.54, 1.807) is 37.3 Å². The molecule has 1 saturated heterocycles. The van der Waals surface area contributed by atoms with Gasteiger partial charge in [0.1, 0.15) is 12.1 Å². The first-order chi connectivity index (χ1) is 11.8. The predicted octanol–water partition coefficient (Wildman–Crippen LogP) is 2.42. The second-order valence-corrected chi connectivity index (χ2v) is 6.66. The Balaban J connectivity index is 2.24. The molecule has 1 fully saturated rings. The van der Waals surface area contributed by atoms with Crippen molar-refractivity contribution >= 4 is 33.8 Å². The minimum atomic E-state index is -1.22. The molecule has 0 saturated carbocycles. The lowest BCUT2D eigenvalue weighted by Gasteiger charge is -2.24. The van der Waals surface area contributed by atoms with E-state index in [-0.39, 0.29) is 12.5 Å². The third kappa shape index (κ3) is 3.66. The van der Waals surface area contributed by atoms with Crippen LogP contribution in [0.4, 0.5) is 4.79 Å². The molecule has 6 nitrogen and oxygen atoms in total. The van der Waals surface area contributed by atoms with Gasteiger partial charge in [0.25, 0.3) is 5.91 Å². The van der Waals surface area contributed by atoms with Crippen LogP contribution in [0.15, 0.2) is 54.0 Å². The molecule has 0 radical (unpaired) electrons. The predicted molar refractivity (Wildman–Crippen MR) is 98.7 cm³/mol. The molecule has 132 valence electrons. The molecule has 0 bridgehead atoms. The standard InChI is InChI=1S/C18H20BrN3O3/c1-4-10-21(11-5-2)15(23)12-22-16(24)18(3,20-17(22)25)13-8-6-7-9-14(13)19/h4-9H,1-2,10-12H2,3H3,(H,20,25)/t18-/m0/s1. The van der Waals surface area contributed by atoms with Crippen LogP contribution in [0.1, 0.15) is 12.5 Å². The number of carbonyl (C=O) groups is 3. The van der Waals surface area contributed by atoms with Crippen molar-refractivity contribution in [1.82, 2.24) is 15.1 Å². The van der Waals surface area contributed by atoms with Crippen LogP contribution in [0.5, 0.6) is 0 Å². The smallest absolute Gasteiger partial charge is 0.325 e. The zero-order chi connectivity index (χ0) is 18.6. The summed E-state index contributed by atoms with van der Waals surface area (Å²) in [4.78, 5) is 40.0. The van der Waals surface area contributed by atoms with E-state index in [1.807, 2.05) is 6.07 Å². The van der Waals surface area contributed by atoms with Crippen molar-refractivity contribution in [2.75, 3.05) is 19.6 Å². The first kappa shape index (κ1) is 18.9. The fourth-order valence-electron chi connectivity index (χ4n) is 2.71. The van der Waals surface area contributed by atoms with Gasteiger partial charge >= 0.3 is 6.03 Å². The van der Waals surface area contributed by atoms with Crippen molar-refractivity contribution in [3.8, 4) is 0 Å². The number of rotatable bonds is 7. The summed E-state index contributed by atoms with van der Waals surface area (Å²) in [6.45, 7) is 9.14. The molecule has 1 aromatic rings. The third-order valence-electron chi connectivity index (χ3n) is 4.03. The van der Waals surface area contributed by atoms with Gasteiger partial charge in [-0.3, -0.25) is 14.5 Å². The maximum absolute atomic E-state index is 12.9. The molecule has 1 aliphatic heterocycles. The van der Waals surface area contributed by atoms with Crippen molar-refractivity contribution in [1.29, 1.82) is 0 Å². The Morgan fingerprint density at radius 1 is 1.28 bits per heavy atom. The fraction of sp³-hybridized carbons (Fsp3) is 0.278. The Hall–Kier alpha value is -2.41. The van der Waals surface area contributed by atoms with Crippen LogP contribution in [0.25, 0.3) is 0 Å². The number of benzene rings is 1. The lowest BCUT2D eigenvalue weighted by atomic mass is 9.92. The zero-order valence-corrected chi connectivity index (χ0v) is 15.6. The molecule has 1 atom stereocenters. The summed E-state index contributed by atoms with van der Waals surface area (Å²) >= 11 is 3.40. The minimum absolute atomic E-state index is 0.315. The average molecular weight is 406 g/mol. The van der Waals surface area contributed by atoms with Gasteiger partial charge in [-0.25, -0.2) is 4.79 Å². The zero-order valence-electron chi connectivity index (χ0n) is 14.0. The molecule has 1 aromatic carbocycles. The monoisotopic (exact) mass is 405 g/mol. The highest BCUT2D eigenvalue weighted by atomic mass is 79.9. The molecule has 0 aromatic heterocycles. The van der Waals surface area contributed by atoms with E-state index in [1.165, 1.54) is 4.90 Å². The van der Waals surface area contributed by atoms with Gasteiger partial charge in [-0.05, 0) is 13.0 Å². The van der Waals surface area contributed by atoms with Gasteiger partial charge in [0.15, 0.2) is 0 Å². The number of nitrogens with zero attached hydrogens (tertiary/aromatic N) is 2. The van der Waals surface area contributed by atoms with E-state index >= 15 is 0 Å². The summed E-state index contributed by atoms with van der Waals surface area (Å²) in [5.74, 6) is -0.811. The molecule has 1 aliphatic rings. The van der Waals surface area contributed by atoms with Crippen molar-refractivity contribution in [2.24, 2.45) is 0 Å². The average Bonchev–Trinajstić information content (AvgIpc) is 2.79. The van der Waals surface area contributed by atoms with E-state index < -0.39 is 17.5 Å². The molecule has 0 unspecified atom stereocenters. The molecule has 0 aliphatic carbocycles. The molecular formula is C18H20BrN3O3. The molecule has 7 heteroatoms. The lowest BCUT2D eigenvalue weighted by molar-refractivity contribution is -0.138. The number of amides is 4. The first-order valence-electron chi connectivity index (χ1n) is 7.73. The number of imide groups is 1. The van der Waals surface area contributed by atoms with E-state index in [4.69, 9.17) is 0 Å². The molecule has 1 N–H and O–H groups in total. The van der Waals surface area contributed by atoms with Crippen molar-refractivity contribution in [2.45, 2.75) is 12.5 Å². The maximum Gasteiger partial charge on any atom is 0.325 e. The second kappa shape index (κ2) is 7.65. The van der Waals surface area contributed by atoms with E-state index in [2.05, 4.69) is 34.4 Å². The summed E-state index contributed by atoms with van der Waals surface area (Å²) in [5, 5.41) is 2.69. The SMILES string of the molecule is C=CCN(CC=C)C(=O)CN1C(=O)N[C@@](C)(c2ccccc2Br)C1=O. The normalized spacial score (nSPS) is 19.5. The molecule has 2 rings (SSSR count). The lowest BCUT2D eigenvalue weighted by Crippen LogP contribution is -2.44. The number of carbonyl (C=O) groups excluding carboxylic acids is 3. The fourth-order valence-corrected chi connectivity index (χ4v) is 3.40. The van der Waals surface area contributed by atoms with Crippen LogP contribution < -0.4 is 5.32 Å². The van der Waals surface area contributed by atoms with Gasteiger partial charge in [0, 0.05) is 23.1 Å². The molecule has 1 heterocycles. The Bertz CT molecular complexity index is 724. The van der Waals surface area contributed by atoms with Gasteiger partial charge in [-0.2, -0.15) is 0 Å². The van der Waals surface area contributed by atoms with Gasteiger partial charge in [-0.15, -0.1) is 13.2 Å². The van der Waals surface area contributed by atoms with Gasteiger partial charge in [0.2, 0.25) is 5.91 Å². The summed E-state index contributed by atoms with van der Waals surface area (Å²) < 4.78 is 0.708. The van der Waals surface area contributed by atoms with E-state index in [9.17, 15) is 14.4 Å². The van der Waals surface area contributed by atoms with Crippen molar-refractivity contribution in [3.63, 3.8) is 0 Å². The number of nitrogens with one attached hydrogen (secondary N) is 1. The summed E-state index contributed by atoms with van der Waals surface area (Å²) in [6.07, 6.45) is 3.16. The van der Waals surface area contributed by atoms with Gasteiger partial charge in [-0.1, -0.05) is 46.3 Å². The van der Waals surface area contributed by atoms with Crippen molar-refractivity contribution < 1.29 is 14.4 Å². The van der Waals surface area contributed by atoms with Gasteiger partial charge < -0.3 is 10.2 Å². The van der Waals surface area contributed by atoms with Crippen LogP contribution in [0.2, 0.25) is 0 Å². The Labute approximate surface area is 155 Å². The van der Waals surface area contributed by atoms with Crippen LogP contribution in [-0.4, -0.2) is 47.3 Å². The van der Waals surface area contributed by atoms with E-state index in [0.29, 0.717) is 23.1 Å². The number of halogens is 1. The molecule has 25 heavy (non-hydrogen) atoms. The highest BCUT2D eigenvalue weighted by molar-refractivity contribution is 9.10. The van der Waals surface area contributed by atoms with Crippen LogP contribution >= 0.6 is 15.9 Å². The number of hydrogen-bond acceptors (Lipinski definition) is 3. The van der Waals surface area contributed by atoms with Crippen molar-refractivity contribution in [3.05, 3.63) is 59.6 Å². The minimum Gasteiger partial charge on any atom is -0.334 e. The van der Waals surface area contributed by atoms with Crippen LogP contribution in [-0.2, 0) is 15.1 Å². The highest BCUT2D eigenvalue weighted by Gasteiger charge is 2.50. The maximum atomic E-state index is 12.9. The van der Waals surface area contributed by atoms with E-state index in [0.717, 1.165) is 4.90 Å². The first-order valence-corrected chi connectivity index (χ1v) is 8.53. The number of urea groups is 1. The van der Waals surface area contributed by atoms with Crippen LogP contribution in [0.3, 0.4) is 0 Å². The largest absolute Gasteiger partial charge is 0.334 e. The second-order valence-electron chi connectivity index (χ2n) is 5.80. The van der Waals surface area contributed by atoms with Gasteiger partial charge in [0.05, 0.1) is 0 Å². The third-order valence-corrected chi connectivity index (χ3v) is 4.72. The number of hydrogen-bond donors (Lipinski definition) is 1. The van der Waals surface area contributed by atoms with Crippen LogP contribution in [0, 0.1) is 0 Å². The Kier molecular flexibility index (Phi) is 5.79. The highest BCUT2D eigenvalue weighted by Crippen LogP contribution is 2.33. The quantitative estimate of drug-likeness (QED) is 0.559. The Morgan fingerprint density at radius 3 is 2.44 bits per heavy atom. The molecule has 4 amide bonds. The Morgan fingerprint density at radius 2 is 1.88 bits per heavy atom.